The maximum atomic E-state index is 6.12. The van der Waals surface area contributed by atoms with Gasteiger partial charge in [0, 0.05) is 31.2 Å². The molecule has 0 aromatic carbocycles. The van der Waals surface area contributed by atoms with Crippen LogP contribution in [0.5, 0.6) is 0 Å². The van der Waals surface area contributed by atoms with E-state index >= 15 is 0 Å². The van der Waals surface area contributed by atoms with Gasteiger partial charge in [-0.15, -0.1) is 0 Å². The summed E-state index contributed by atoms with van der Waals surface area (Å²) in [5.74, 6) is 2.44. The van der Waals surface area contributed by atoms with Crippen molar-refractivity contribution in [3.8, 4) is 0 Å². The number of aromatic nitrogens is 4. The van der Waals surface area contributed by atoms with Crippen LogP contribution in [0, 0.1) is 5.92 Å². The molecule has 0 atom stereocenters. The predicted molar refractivity (Wildman–Crippen MR) is 177 cm³/mol. The maximum Gasteiger partial charge on any atom is 0.227 e. The van der Waals surface area contributed by atoms with Crippen molar-refractivity contribution in [3.63, 3.8) is 0 Å². The van der Waals surface area contributed by atoms with E-state index in [0.717, 1.165) is 67.6 Å². The summed E-state index contributed by atoms with van der Waals surface area (Å²) in [6.07, 6.45) is 23.1. The highest BCUT2D eigenvalue weighted by atomic mass is 15.5. The van der Waals surface area contributed by atoms with Crippen molar-refractivity contribution in [1.82, 2.24) is 29.8 Å². The highest BCUT2D eigenvalue weighted by Gasteiger charge is 2.25. The van der Waals surface area contributed by atoms with Crippen LogP contribution in [0.15, 0.2) is 6.33 Å². The van der Waals surface area contributed by atoms with Crippen molar-refractivity contribution >= 4 is 22.9 Å². The molecule has 0 radical (unpaired) electrons. The monoisotopic (exact) mass is 584 g/mol. The van der Waals surface area contributed by atoms with E-state index < -0.39 is 0 Å². The van der Waals surface area contributed by atoms with E-state index in [1.54, 1.807) is 0 Å². The number of imidazole rings is 1. The van der Waals surface area contributed by atoms with Gasteiger partial charge in [-0.05, 0) is 83.2 Å². The Hall–Kier alpha value is -1.97. The molecule has 238 valence electrons. The molecule has 0 unspecified atom stereocenters. The van der Waals surface area contributed by atoms with Crippen LogP contribution in [-0.4, -0.2) is 62.8 Å². The summed E-state index contributed by atoms with van der Waals surface area (Å²) in [5.41, 5.74) is 11.6. The Morgan fingerprint density at radius 2 is 1.50 bits per heavy atom. The van der Waals surface area contributed by atoms with Gasteiger partial charge in [-0.1, -0.05) is 65.7 Å². The summed E-state index contributed by atoms with van der Waals surface area (Å²) in [6.45, 7) is 11.3. The third-order valence-electron chi connectivity index (χ3n) is 9.50. The zero-order valence-corrected chi connectivity index (χ0v) is 27.0. The van der Waals surface area contributed by atoms with Gasteiger partial charge in [0.2, 0.25) is 5.95 Å². The van der Waals surface area contributed by atoms with E-state index in [9.17, 15) is 0 Å². The lowest BCUT2D eigenvalue weighted by Gasteiger charge is -2.32. The SMILES string of the molecule is CCCCC1CCN(Nc2nc(NC3CCC(N)CC3)nc3c2ncn3C2CCCC2)CC1.CCCCNCCCC. The first-order valence-electron chi connectivity index (χ1n) is 17.6. The number of anilines is 2. The lowest BCUT2D eigenvalue weighted by molar-refractivity contribution is 0.207. The number of fused-ring (bicyclic) bond motifs is 1. The molecular formula is C33H61N9. The summed E-state index contributed by atoms with van der Waals surface area (Å²) in [6, 6.07) is 1.24. The Morgan fingerprint density at radius 1 is 0.833 bits per heavy atom. The average Bonchev–Trinajstić information content (AvgIpc) is 3.69. The van der Waals surface area contributed by atoms with Crippen LogP contribution in [0.25, 0.3) is 11.2 Å². The van der Waals surface area contributed by atoms with E-state index in [4.69, 9.17) is 20.7 Å². The molecule has 0 amide bonds. The lowest BCUT2D eigenvalue weighted by atomic mass is 9.92. The predicted octanol–water partition coefficient (Wildman–Crippen LogP) is 7.03. The zero-order valence-electron chi connectivity index (χ0n) is 27.0. The Kier molecular flexibility index (Phi) is 14.1. The normalized spacial score (nSPS) is 22.3. The van der Waals surface area contributed by atoms with Crippen LogP contribution in [0.2, 0.25) is 0 Å². The average molecular weight is 584 g/mol. The second kappa shape index (κ2) is 18.0. The van der Waals surface area contributed by atoms with Crippen LogP contribution in [0.1, 0.15) is 136 Å². The number of unbranched alkanes of at least 4 members (excludes halogenated alkanes) is 3. The molecule has 5 N–H and O–H groups in total. The summed E-state index contributed by atoms with van der Waals surface area (Å²) < 4.78 is 2.30. The summed E-state index contributed by atoms with van der Waals surface area (Å²) in [5, 5.41) is 9.35. The third-order valence-corrected chi connectivity index (χ3v) is 9.50. The Balaban J connectivity index is 0.000000392. The minimum absolute atomic E-state index is 0.340. The van der Waals surface area contributed by atoms with Crippen LogP contribution < -0.4 is 21.8 Å². The number of hydrogen-bond acceptors (Lipinski definition) is 8. The van der Waals surface area contributed by atoms with E-state index in [1.165, 1.54) is 96.6 Å². The van der Waals surface area contributed by atoms with Gasteiger partial charge in [-0.25, -0.2) is 9.99 Å². The molecule has 2 aliphatic carbocycles. The minimum atomic E-state index is 0.340. The Labute approximate surface area is 255 Å². The van der Waals surface area contributed by atoms with Crippen molar-refractivity contribution in [1.29, 1.82) is 0 Å². The molecule has 0 spiro atoms. The zero-order chi connectivity index (χ0) is 29.6. The van der Waals surface area contributed by atoms with Gasteiger partial charge in [0.25, 0.3) is 0 Å². The highest BCUT2D eigenvalue weighted by Crippen LogP contribution is 2.34. The standard InChI is InChI=1S/C25H42N8.C8H19N/c1-2-3-6-18-13-15-32(16-14-18)31-23-22-24(33(17-27-22)21-7-4-5-8-21)30-25(29-23)28-20-11-9-19(26)10-12-20;1-3-5-7-9-8-6-4-2/h17-21H,2-16,26H2,1H3,(H2,28,29,30,31);9H,3-8H2,1-2H3. The molecule has 2 aromatic heterocycles. The maximum absolute atomic E-state index is 6.12. The smallest absolute Gasteiger partial charge is 0.227 e. The van der Waals surface area contributed by atoms with Crippen LogP contribution in [-0.2, 0) is 0 Å². The molecule has 42 heavy (non-hydrogen) atoms. The fourth-order valence-electron chi connectivity index (χ4n) is 6.66. The first kappa shape index (κ1) is 32.9. The quantitative estimate of drug-likeness (QED) is 0.176. The largest absolute Gasteiger partial charge is 0.351 e. The molecule has 5 rings (SSSR count). The Morgan fingerprint density at radius 3 is 2.14 bits per heavy atom. The first-order valence-corrected chi connectivity index (χ1v) is 17.6. The molecule has 9 nitrogen and oxygen atoms in total. The molecule has 9 heteroatoms. The second-order valence-corrected chi connectivity index (χ2v) is 13.1. The molecular weight excluding hydrogens is 522 g/mol. The fraction of sp³-hybridized carbons (Fsp3) is 0.848. The van der Waals surface area contributed by atoms with Crippen molar-refractivity contribution in [2.75, 3.05) is 36.9 Å². The Bertz CT molecular complexity index is 996. The van der Waals surface area contributed by atoms with E-state index in [1.807, 2.05) is 6.33 Å². The van der Waals surface area contributed by atoms with Crippen molar-refractivity contribution in [2.24, 2.45) is 11.7 Å². The fourth-order valence-corrected chi connectivity index (χ4v) is 6.66. The summed E-state index contributed by atoms with van der Waals surface area (Å²) in [4.78, 5) is 14.7. The minimum Gasteiger partial charge on any atom is -0.351 e. The molecule has 3 heterocycles. The van der Waals surface area contributed by atoms with Gasteiger partial charge < -0.3 is 26.4 Å². The first-order chi connectivity index (χ1) is 20.6. The van der Waals surface area contributed by atoms with E-state index in [-0.39, 0.29) is 0 Å². The molecule has 1 saturated heterocycles. The number of piperidine rings is 1. The number of nitrogens with zero attached hydrogens (tertiary/aromatic N) is 5. The van der Waals surface area contributed by atoms with E-state index in [2.05, 4.69) is 46.4 Å². The number of nitrogens with one attached hydrogen (secondary N) is 3. The van der Waals surface area contributed by atoms with Gasteiger partial charge in [0.05, 0.1) is 6.33 Å². The van der Waals surface area contributed by atoms with Gasteiger partial charge in [0.15, 0.2) is 17.0 Å². The highest BCUT2D eigenvalue weighted by molar-refractivity contribution is 5.84. The van der Waals surface area contributed by atoms with Crippen molar-refractivity contribution in [3.05, 3.63) is 6.33 Å². The molecule has 2 aromatic rings. The van der Waals surface area contributed by atoms with Crippen LogP contribution in [0.4, 0.5) is 11.8 Å². The van der Waals surface area contributed by atoms with Gasteiger partial charge in [-0.2, -0.15) is 9.97 Å². The van der Waals surface area contributed by atoms with Crippen LogP contribution >= 0.6 is 0 Å². The number of hydrazine groups is 1. The van der Waals surface area contributed by atoms with Crippen LogP contribution in [0.3, 0.4) is 0 Å². The molecule has 1 aliphatic heterocycles. The van der Waals surface area contributed by atoms with E-state index in [0.29, 0.717) is 18.1 Å². The number of rotatable bonds is 14. The van der Waals surface area contributed by atoms with Crippen molar-refractivity contribution in [2.45, 2.75) is 148 Å². The van der Waals surface area contributed by atoms with Crippen molar-refractivity contribution < 1.29 is 0 Å². The topological polar surface area (TPSA) is 109 Å². The molecule has 0 bridgehead atoms. The van der Waals surface area contributed by atoms with Gasteiger partial charge in [0.1, 0.15) is 0 Å². The number of nitrogens with two attached hydrogens (primary N) is 1. The third kappa shape index (κ3) is 10.1. The summed E-state index contributed by atoms with van der Waals surface area (Å²) in [7, 11) is 0. The molecule has 2 saturated carbocycles. The molecule has 3 aliphatic rings. The molecule has 3 fully saturated rings. The van der Waals surface area contributed by atoms with Gasteiger partial charge in [-0.3, -0.25) is 0 Å². The summed E-state index contributed by atoms with van der Waals surface area (Å²) >= 11 is 0. The lowest BCUT2D eigenvalue weighted by Crippen LogP contribution is -2.38. The van der Waals surface area contributed by atoms with Gasteiger partial charge >= 0.3 is 0 Å². The second-order valence-electron chi connectivity index (χ2n) is 13.1. The number of hydrogen-bond donors (Lipinski definition) is 4.